The zero-order valence-corrected chi connectivity index (χ0v) is 15.7. The normalized spacial score (nSPS) is 24.2. The van der Waals surface area contributed by atoms with E-state index < -0.39 is 0 Å². The van der Waals surface area contributed by atoms with Gasteiger partial charge in [-0.2, -0.15) is 0 Å². The van der Waals surface area contributed by atoms with Gasteiger partial charge in [-0.15, -0.1) is 23.1 Å². The highest BCUT2D eigenvalue weighted by molar-refractivity contribution is 8.04. The zero-order chi connectivity index (χ0) is 16.8. The summed E-state index contributed by atoms with van der Waals surface area (Å²) in [5, 5.41) is 4.33. The number of thioether (sulfide) groups is 1. The van der Waals surface area contributed by atoms with E-state index in [4.69, 9.17) is 4.98 Å². The number of benzene rings is 1. The maximum Gasteiger partial charge on any atom is 0.217 e. The fraction of sp³-hybridized carbons (Fsp3) is 0.444. The zero-order valence-electron chi connectivity index (χ0n) is 14.1. The number of fused-ring (bicyclic) bond motifs is 1. The van der Waals surface area contributed by atoms with Crippen LogP contribution in [0.2, 0.25) is 0 Å². The van der Waals surface area contributed by atoms with Crippen molar-refractivity contribution < 1.29 is 4.79 Å². The highest BCUT2D eigenvalue weighted by atomic mass is 32.2. The van der Waals surface area contributed by atoms with Crippen molar-refractivity contribution in [2.75, 3.05) is 13.1 Å². The van der Waals surface area contributed by atoms with E-state index in [1.165, 1.54) is 15.2 Å². The molecule has 0 radical (unpaired) electrons. The van der Waals surface area contributed by atoms with Gasteiger partial charge in [-0.05, 0) is 31.6 Å². The highest BCUT2D eigenvalue weighted by Gasteiger charge is 2.43. The van der Waals surface area contributed by atoms with Gasteiger partial charge < -0.3 is 5.32 Å². The first-order chi connectivity index (χ1) is 11.5. The van der Waals surface area contributed by atoms with Crippen molar-refractivity contribution in [1.29, 1.82) is 0 Å². The van der Waals surface area contributed by atoms with Gasteiger partial charge in [0, 0.05) is 31.0 Å². The van der Waals surface area contributed by atoms with Crippen LogP contribution in [0.4, 0.5) is 0 Å². The summed E-state index contributed by atoms with van der Waals surface area (Å²) in [4.78, 5) is 20.5. The van der Waals surface area contributed by atoms with Crippen LogP contribution < -0.4 is 5.32 Å². The Kier molecular flexibility index (Phi) is 4.14. The van der Waals surface area contributed by atoms with Gasteiger partial charge in [-0.25, -0.2) is 4.98 Å². The molecule has 1 aromatic carbocycles. The summed E-state index contributed by atoms with van der Waals surface area (Å²) in [6.45, 7) is 8.06. The van der Waals surface area contributed by atoms with Crippen molar-refractivity contribution in [2.24, 2.45) is 0 Å². The fourth-order valence-electron chi connectivity index (χ4n) is 3.42. The van der Waals surface area contributed by atoms with Crippen LogP contribution in [0.5, 0.6) is 0 Å². The van der Waals surface area contributed by atoms with Crippen molar-refractivity contribution in [3.05, 3.63) is 39.8 Å². The number of carbonyl (C=O) groups is 1. The second-order valence-corrected chi connectivity index (χ2v) is 8.98. The molecule has 6 heteroatoms. The Morgan fingerprint density at radius 1 is 1.33 bits per heavy atom. The third kappa shape index (κ3) is 2.76. The van der Waals surface area contributed by atoms with Crippen molar-refractivity contribution >= 4 is 39.2 Å². The van der Waals surface area contributed by atoms with Crippen LogP contribution in [-0.2, 0) is 4.79 Å². The van der Waals surface area contributed by atoms with Crippen molar-refractivity contribution in [3.63, 3.8) is 0 Å². The van der Waals surface area contributed by atoms with Gasteiger partial charge in [0.25, 0.3) is 0 Å². The molecule has 0 aliphatic carbocycles. The number of rotatable bonds is 3. The average molecular weight is 360 g/mol. The quantitative estimate of drug-likeness (QED) is 0.910. The molecule has 1 aromatic heterocycles. The van der Waals surface area contributed by atoms with Crippen LogP contribution >= 0.6 is 23.1 Å². The van der Waals surface area contributed by atoms with Crippen LogP contribution in [0, 0.1) is 0 Å². The molecule has 0 saturated carbocycles. The molecule has 2 aliphatic heterocycles. The predicted molar refractivity (Wildman–Crippen MR) is 101 cm³/mol. The number of nitrogens with zero attached hydrogens (tertiary/aromatic N) is 2. The monoisotopic (exact) mass is 359 g/mol. The average Bonchev–Trinajstić information content (AvgIpc) is 3.17. The number of para-hydroxylation sites is 1. The highest BCUT2D eigenvalue weighted by Crippen LogP contribution is 2.51. The van der Waals surface area contributed by atoms with Gasteiger partial charge in [-0.3, -0.25) is 9.69 Å². The molecule has 0 fully saturated rings. The van der Waals surface area contributed by atoms with E-state index in [1.807, 2.05) is 17.8 Å². The molecular formula is C18H21N3OS2. The maximum absolute atomic E-state index is 11.7. The molecule has 3 heterocycles. The number of nitrogens with one attached hydrogen (secondary N) is 1. The molecule has 1 N–H and O–H groups in total. The molecule has 2 unspecified atom stereocenters. The number of hydrogen-bond acceptors (Lipinski definition) is 5. The van der Waals surface area contributed by atoms with Gasteiger partial charge in [0.15, 0.2) is 0 Å². The Bertz CT molecular complexity index is 794. The molecule has 126 valence electrons. The van der Waals surface area contributed by atoms with Crippen LogP contribution in [0.25, 0.3) is 10.2 Å². The number of carbonyl (C=O) groups excluding carboxylic acids is 1. The summed E-state index contributed by atoms with van der Waals surface area (Å²) in [5.74, 6) is 0.218. The lowest BCUT2D eigenvalue weighted by molar-refractivity contribution is -0.119. The Morgan fingerprint density at radius 2 is 2.12 bits per heavy atom. The predicted octanol–water partition coefficient (Wildman–Crippen LogP) is 3.57. The fourth-order valence-corrected chi connectivity index (χ4v) is 6.19. The first-order valence-electron chi connectivity index (χ1n) is 8.28. The summed E-state index contributed by atoms with van der Waals surface area (Å²) in [7, 11) is 0. The van der Waals surface area contributed by atoms with E-state index in [0.717, 1.165) is 23.6 Å². The molecule has 4 nitrogen and oxygen atoms in total. The number of aromatic nitrogens is 1. The van der Waals surface area contributed by atoms with Crippen LogP contribution in [0.3, 0.4) is 0 Å². The van der Waals surface area contributed by atoms with E-state index in [0.29, 0.717) is 6.04 Å². The molecule has 2 atom stereocenters. The molecule has 0 bridgehead atoms. The Labute approximate surface area is 150 Å². The van der Waals surface area contributed by atoms with E-state index >= 15 is 0 Å². The molecule has 1 amide bonds. The lowest BCUT2D eigenvalue weighted by Crippen LogP contribution is -2.37. The van der Waals surface area contributed by atoms with E-state index in [2.05, 4.69) is 42.3 Å². The molecular weight excluding hydrogens is 338 g/mol. The van der Waals surface area contributed by atoms with Crippen molar-refractivity contribution in [1.82, 2.24) is 15.2 Å². The van der Waals surface area contributed by atoms with E-state index in [9.17, 15) is 4.79 Å². The smallest absolute Gasteiger partial charge is 0.217 e. The Balaban J connectivity index is 1.71. The van der Waals surface area contributed by atoms with Gasteiger partial charge in [0.2, 0.25) is 5.91 Å². The topological polar surface area (TPSA) is 45.2 Å². The third-order valence-corrected chi connectivity index (χ3v) is 7.12. The van der Waals surface area contributed by atoms with Crippen LogP contribution in [0.1, 0.15) is 31.7 Å². The minimum absolute atomic E-state index is 0.0282. The van der Waals surface area contributed by atoms with Crippen LogP contribution in [-0.4, -0.2) is 40.3 Å². The van der Waals surface area contributed by atoms with Crippen molar-refractivity contribution in [2.45, 2.75) is 38.1 Å². The number of amides is 1. The minimum Gasteiger partial charge on any atom is -0.343 e. The molecule has 0 spiro atoms. The lowest BCUT2D eigenvalue weighted by Gasteiger charge is -2.27. The summed E-state index contributed by atoms with van der Waals surface area (Å²) in [6.07, 6.45) is 0. The number of thiazole rings is 1. The third-order valence-electron chi connectivity index (χ3n) is 4.68. The minimum atomic E-state index is 0.0282. The molecule has 0 saturated heterocycles. The van der Waals surface area contributed by atoms with Gasteiger partial charge in [-0.1, -0.05) is 12.1 Å². The van der Waals surface area contributed by atoms with E-state index in [-0.39, 0.29) is 17.2 Å². The van der Waals surface area contributed by atoms with Crippen molar-refractivity contribution in [3.8, 4) is 0 Å². The molecule has 2 aromatic rings. The maximum atomic E-state index is 11.7. The summed E-state index contributed by atoms with van der Waals surface area (Å²) < 4.78 is 1.21. The standard InChI is InChI=1S/C18H21N3OS2/c1-10(2)21-8-12-15(9-21)24-17(19-11(3)22)16(12)18-20-13-6-4-5-7-14(13)23-18/h4-7,10,16-17H,8-9H2,1-3H3,(H,19,22). The first kappa shape index (κ1) is 16.1. The second kappa shape index (κ2) is 6.17. The van der Waals surface area contributed by atoms with Gasteiger partial charge in [0.1, 0.15) is 5.01 Å². The van der Waals surface area contributed by atoms with E-state index in [1.54, 1.807) is 18.3 Å². The summed E-state index contributed by atoms with van der Waals surface area (Å²) >= 11 is 3.57. The lowest BCUT2D eigenvalue weighted by atomic mass is 10.00. The largest absolute Gasteiger partial charge is 0.343 e. The first-order valence-corrected chi connectivity index (χ1v) is 9.97. The van der Waals surface area contributed by atoms with Gasteiger partial charge in [0.05, 0.1) is 21.5 Å². The molecule has 2 aliphatic rings. The second-order valence-electron chi connectivity index (χ2n) is 6.68. The van der Waals surface area contributed by atoms with Crippen LogP contribution in [0.15, 0.2) is 34.7 Å². The Hall–Kier alpha value is -1.37. The SMILES string of the molecule is CC(=O)NC1SC2=C(CN(C(C)C)C2)C1c1nc2ccccc2s1. The summed E-state index contributed by atoms with van der Waals surface area (Å²) in [6, 6.07) is 8.80. The molecule has 4 rings (SSSR count). The summed E-state index contributed by atoms with van der Waals surface area (Å²) in [5.41, 5.74) is 2.50. The number of hydrogen-bond donors (Lipinski definition) is 1. The molecule has 24 heavy (non-hydrogen) atoms. The van der Waals surface area contributed by atoms with Gasteiger partial charge >= 0.3 is 0 Å². The Morgan fingerprint density at radius 3 is 2.83 bits per heavy atom.